The van der Waals surface area contributed by atoms with Crippen molar-refractivity contribution >= 4 is 43.4 Å². The van der Waals surface area contributed by atoms with E-state index in [1.807, 2.05) is 93.7 Å². The first kappa shape index (κ1) is 30.9. The van der Waals surface area contributed by atoms with Crippen molar-refractivity contribution < 1.29 is 27.3 Å². The summed E-state index contributed by atoms with van der Waals surface area (Å²) in [7, 11) is 0. The quantitative estimate of drug-likeness (QED) is 0.166. The van der Waals surface area contributed by atoms with Gasteiger partial charge in [-0.15, -0.1) is 65.4 Å². The van der Waals surface area contributed by atoms with Gasteiger partial charge in [-0.25, -0.2) is 0 Å². The van der Waals surface area contributed by atoms with E-state index in [-0.39, 0.29) is 20.1 Å². The number of aromatic nitrogens is 2. The Hall–Kier alpha value is -4.41. The monoisotopic (exact) mass is 823 g/mol. The Kier molecular flexibility index (Phi) is 9.00. The number of hydrogen-bond acceptors (Lipinski definition) is 4. The SMILES string of the molecule is [2H]C([2H])(c1cc(-c2[c-]ccc3c2oc2c3ccc3ccsc32)ncc1-c1c(C)cccc1C)C(C)(C)C.[Ir].[c-]1ccccc1-c1ccccn1. The largest absolute Gasteiger partial charge is 0.499 e. The fraction of sp³-hybridized carbons (Fsp3) is 0.163. The minimum atomic E-state index is -1.61. The zero-order chi connectivity index (χ0) is 34.3. The van der Waals surface area contributed by atoms with Gasteiger partial charge in [-0.1, -0.05) is 80.3 Å². The standard InChI is InChI=1S/C32H28NOS.C11H8N.Ir/c1-19-8-6-9-20(2)28(19)26-18-33-27(16-22(26)17-32(3,4)5)25-11-7-10-23-24-13-12-21-14-15-35-31(21)30(24)34-29(23)25;1-2-6-10(7-3-1)11-8-4-5-9-12-11;/h6-10,12-16,18H,17H2,1-5H3;1-6,8-9H;/q2*-1;/i17D2;;. The van der Waals surface area contributed by atoms with Gasteiger partial charge >= 0.3 is 0 Å². The van der Waals surface area contributed by atoms with Crippen molar-refractivity contribution in [1.82, 2.24) is 9.97 Å². The van der Waals surface area contributed by atoms with Crippen molar-refractivity contribution in [3.05, 3.63) is 144 Å². The van der Waals surface area contributed by atoms with E-state index in [9.17, 15) is 2.74 Å². The average Bonchev–Trinajstić information content (AvgIpc) is 3.74. The molecule has 0 amide bonds. The molecule has 241 valence electrons. The molecule has 5 heteroatoms. The molecule has 0 saturated carbocycles. The molecule has 0 fully saturated rings. The summed E-state index contributed by atoms with van der Waals surface area (Å²) >= 11 is 1.68. The Morgan fingerprint density at radius 3 is 2.31 bits per heavy atom. The Morgan fingerprint density at radius 2 is 1.58 bits per heavy atom. The molecule has 1 radical (unpaired) electrons. The van der Waals surface area contributed by atoms with E-state index in [0.29, 0.717) is 11.3 Å². The number of furan rings is 1. The normalized spacial score (nSPS) is 12.3. The Labute approximate surface area is 302 Å². The van der Waals surface area contributed by atoms with Crippen LogP contribution in [-0.2, 0) is 26.5 Å². The molecule has 4 aromatic heterocycles. The van der Waals surface area contributed by atoms with Gasteiger partial charge in [0.1, 0.15) is 5.58 Å². The molecule has 0 aliphatic rings. The van der Waals surface area contributed by atoms with Gasteiger partial charge in [0.25, 0.3) is 0 Å². The zero-order valence-electron chi connectivity index (χ0n) is 29.5. The summed E-state index contributed by atoms with van der Waals surface area (Å²) in [5.41, 5.74) is 9.10. The van der Waals surface area contributed by atoms with Crippen LogP contribution in [0.25, 0.3) is 65.7 Å². The van der Waals surface area contributed by atoms with Crippen molar-refractivity contribution in [1.29, 1.82) is 0 Å². The molecule has 0 N–H and O–H groups in total. The van der Waals surface area contributed by atoms with Crippen LogP contribution in [0.2, 0.25) is 0 Å². The Morgan fingerprint density at radius 1 is 0.792 bits per heavy atom. The molecule has 8 aromatic rings. The molecule has 0 unspecified atom stereocenters. The van der Waals surface area contributed by atoms with Crippen molar-refractivity contribution in [3.63, 3.8) is 0 Å². The Balaban J connectivity index is 0.000000281. The second kappa shape index (κ2) is 14.0. The van der Waals surface area contributed by atoms with Crippen molar-refractivity contribution in [2.75, 3.05) is 0 Å². The van der Waals surface area contributed by atoms with Crippen molar-refractivity contribution in [3.8, 4) is 33.6 Å². The van der Waals surface area contributed by atoms with Gasteiger partial charge in [0, 0.05) is 46.2 Å². The minimum Gasteiger partial charge on any atom is -0.499 e. The average molecular weight is 823 g/mol. The smallest absolute Gasteiger partial charge is 0.138 e. The maximum absolute atomic E-state index is 9.24. The predicted octanol–water partition coefficient (Wildman–Crippen LogP) is 12.1. The molecule has 0 atom stereocenters. The van der Waals surface area contributed by atoms with Gasteiger partial charge in [-0.3, -0.25) is 0 Å². The van der Waals surface area contributed by atoms with Gasteiger partial charge in [0.15, 0.2) is 0 Å². The fourth-order valence-corrected chi connectivity index (χ4v) is 6.91. The predicted molar refractivity (Wildman–Crippen MR) is 198 cm³/mol. The third-order valence-corrected chi connectivity index (χ3v) is 9.02. The van der Waals surface area contributed by atoms with E-state index in [0.717, 1.165) is 65.7 Å². The van der Waals surface area contributed by atoms with Gasteiger partial charge in [-0.05, 0) is 82.2 Å². The van der Waals surface area contributed by atoms with Crippen LogP contribution < -0.4 is 0 Å². The first-order valence-corrected chi connectivity index (χ1v) is 16.6. The van der Waals surface area contributed by atoms with E-state index >= 15 is 0 Å². The second-order valence-corrected chi connectivity index (χ2v) is 13.6. The summed E-state index contributed by atoms with van der Waals surface area (Å²) in [6.45, 7) is 9.97. The van der Waals surface area contributed by atoms with Crippen molar-refractivity contribution in [2.24, 2.45) is 5.41 Å². The molecule has 4 aromatic carbocycles. The summed E-state index contributed by atoms with van der Waals surface area (Å²) in [6.07, 6.45) is 2.01. The van der Waals surface area contributed by atoms with Crippen LogP contribution in [0.4, 0.5) is 0 Å². The number of benzene rings is 4. The van der Waals surface area contributed by atoms with Crippen LogP contribution in [0, 0.1) is 31.4 Å². The number of nitrogens with zero attached hydrogens (tertiary/aromatic N) is 2. The molecule has 48 heavy (non-hydrogen) atoms. The van der Waals surface area contributed by atoms with Gasteiger partial charge in [0.2, 0.25) is 0 Å². The second-order valence-electron chi connectivity index (χ2n) is 12.7. The fourth-order valence-electron chi connectivity index (χ4n) is 6.03. The summed E-state index contributed by atoms with van der Waals surface area (Å²) in [5.74, 6) is 0. The molecule has 0 bridgehead atoms. The maximum atomic E-state index is 9.24. The van der Waals surface area contributed by atoms with E-state index in [4.69, 9.17) is 9.40 Å². The molecule has 0 aliphatic carbocycles. The Bertz CT molecular complexity index is 2370. The molecular formula is C43H36IrN2OS-2. The molecule has 3 nitrogen and oxygen atoms in total. The van der Waals surface area contributed by atoms with Crippen LogP contribution in [-0.4, -0.2) is 9.97 Å². The first-order valence-electron chi connectivity index (χ1n) is 16.7. The third-order valence-electron chi connectivity index (χ3n) is 8.09. The van der Waals surface area contributed by atoms with E-state index in [1.165, 1.54) is 5.39 Å². The number of aryl methyl sites for hydroxylation is 2. The van der Waals surface area contributed by atoms with Gasteiger partial charge in [-0.2, -0.15) is 0 Å². The van der Waals surface area contributed by atoms with Crippen LogP contribution in [0.3, 0.4) is 0 Å². The maximum Gasteiger partial charge on any atom is 0.138 e. The molecule has 0 aliphatic heterocycles. The number of hydrogen-bond donors (Lipinski definition) is 0. The number of thiophene rings is 1. The van der Waals surface area contributed by atoms with Gasteiger partial charge in [0.05, 0.1) is 10.3 Å². The molecule has 0 saturated heterocycles. The number of pyridine rings is 2. The molecular weight excluding hydrogens is 785 g/mol. The summed E-state index contributed by atoms with van der Waals surface area (Å²) < 4.78 is 26.1. The molecule has 0 spiro atoms. The van der Waals surface area contributed by atoms with Crippen LogP contribution in [0.1, 0.15) is 40.2 Å². The summed E-state index contributed by atoms with van der Waals surface area (Å²) in [6, 6.07) is 38.5. The van der Waals surface area contributed by atoms with Gasteiger partial charge < -0.3 is 14.4 Å². The van der Waals surface area contributed by atoms with Crippen LogP contribution in [0.15, 0.2) is 119 Å². The van der Waals surface area contributed by atoms with Crippen LogP contribution >= 0.6 is 11.3 Å². The van der Waals surface area contributed by atoms with E-state index in [1.54, 1.807) is 17.5 Å². The summed E-state index contributed by atoms with van der Waals surface area (Å²) in [4.78, 5) is 9.10. The van der Waals surface area contributed by atoms with E-state index < -0.39 is 11.8 Å². The van der Waals surface area contributed by atoms with E-state index in [2.05, 4.69) is 66.7 Å². The molecule has 4 heterocycles. The van der Waals surface area contributed by atoms with Crippen molar-refractivity contribution in [2.45, 2.75) is 41.0 Å². The number of fused-ring (bicyclic) bond motifs is 5. The summed E-state index contributed by atoms with van der Waals surface area (Å²) in [5, 5.41) is 5.33. The third kappa shape index (κ3) is 6.77. The topological polar surface area (TPSA) is 38.9 Å². The first-order chi connectivity index (χ1) is 23.5. The van der Waals surface area contributed by atoms with Crippen LogP contribution in [0.5, 0.6) is 0 Å². The number of rotatable bonds is 4. The zero-order valence-corrected chi connectivity index (χ0v) is 30.7. The minimum absolute atomic E-state index is 0. The molecule has 8 rings (SSSR count).